The number of benzene rings is 1. The molecule has 2 fully saturated rings. The highest BCUT2D eigenvalue weighted by atomic mass is 16.5. The number of carbonyl (C=O) groups is 1. The van der Waals surface area contributed by atoms with Crippen LogP contribution in [0.15, 0.2) is 24.3 Å². The number of imidazole rings is 1. The zero-order chi connectivity index (χ0) is 17.4. The lowest BCUT2D eigenvalue weighted by Crippen LogP contribution is -2.54. The monoisotopic (exact) mass is 342 g/mol. The van der Waals surface area contributed by atoms with Gasteiger partial charge in [0, 0.05) is 32.1 Å². The number of aromatic amines is 1. The Balaban J connectivity index is 1.38. The highest BCUT2D eigenvalue weighted by Gasteiger charge is 2.32. The molecule has 2 aromatic rings. The molecule has 2 amide bonds. The maximum Gasteiger partial charge on any atom is 0.320 e. The fourth-order valence-electron chi connectivity index (χ4n) is 4.04. The summed E-state index contributed by atoms with van der Waals surface area (Å²) in [7, 11) is 0. The molecule has 1 N–H and O–H groups in total. The van der Waals surface area contributed by atoms with Crippen molar-refractivity contribution in [3.05, 3.63) is 30.1 Å². The quantitative estimate of drug-likeness (QED) is 0.867. The van der Waals surface area contributed by atoms with Crippen molar-refractivity contribution >= 4 is 17.1 Å². The molecule has 6 heteroatoms. The van der Waals surface area contributed by atoms with Crippen LogP contribution in [0.2, 0.25) is 0 Å². The number of H-pyrrole nitrogens is 1. The number of morpholine rings is 1. The second-order valence-corrected chi connectivity index (χ2v) is 7.35. The number of piperidine rings is 1. The molecule has 0 radical (unpaired) electrons. The number of ether oxygens (including phenoxy) is 1. The first-order valence-corrected chi connectivity index (χ1v) is 9.24. The van der Waals surface area contributed by atoms with Crippen LogP contribution in [0.5, 0.6) is 0 Å². The predicted molar refractivity (Wildman–Crippen MR) is 96.6 cm³/mol. The molecule has 0 bridgehead atoms. The predicted octanol–water partition coefficient (Wildman–Crippen LogP) is 2.97. The average molecular weight is 342 g/mol. The summed E-state index contributed by atoms with van der Waals surface area (Å²) in [6.45, 7) is 7.02. The number of aromatic nitrogens is 2. The fourth-order valence-corrected chi connectivity index (χ4v) is 4.04. The van der Waals surface area contributed by atoms with Crippen LogP contribution in [0.4, 0.5) is 4.79 Å². The van der Waals surface area contributed by atoms with E-state index in [9.17, 15) is 4.79 Å². The number of para-hydroxylation sites is 2. The van der Waals surface area contributed by atoms with Crippen molar-refractivity contribution in [2.24, 2.45) is 0 Å². The van der Waals surface area contributed by atoms with Crippen LogP contribution in [0.25, 0.3) is 11.0 Å². The molecule has 0 unspecified atom stereocenters. The smallest absolute Gasteiger partial charge is 0.320 e. The number of likely N-dealkylation sites (tertiary alicyclic amines) is 1. The van der Waals surface area contributed by atoms with Gasteiger partial charge in [-0.2, -0.15) is 0 Å². The van der Waals surface area contributed by atoms with Gasteiger partial charge < -0.3 is 19.5 Å². The summed E-state index contributed by atoms with van der Waals surface area (Å²) in [6, 6.07) is 8.29. The maximum absolute atomic E-state index is 12.8. The van der Waals surface area contributed by atoms with Gasteiger partial charge in [0.25, 0.3) is 0 Å². The van der Waals surface area contributed by atoms with Gasteiger partial charge in [-0.15, -0.1) is 0 Å². The number of urea groups is 1. The molecular weight excluding hydrogens is 316 g/mol. The van der Waals surface area contributed by atoms with Crippen molar-refractivity contribution in [1.82, 2.24) is 19.8 Å². The van der Waals surface area contributed by atoms with Crippen LogP contribution in [0.3, 0.4) is 0 Å². The van der Waals surface area contributed by atoms with E-state index in [1.54, 1.807) is 0 Å². The third-order valence-corrected chi connectivity index (χ3v) is 5.25. The van der Waals surface area contributed by atoms with Crippen molar-refractivity contribution in [2.45, 2.75) is 44.8 Å². The van der Waals surface area contributed by atoms with E-state index >= 15 is 0 Å². The summed E-state index contributed by atoms with van der Waals surface area (Å²) < 4.78 is 5.73. The SMILES string of the molecule is C[C@H]1CN(C(=O)N2CCC(c3nc4ccccc4[nH]3)CC2)C[C@H](C)O1. The summed E-state index contributed by atoms with van der Waals surface area (Å²) in [5.74, 6) is 1.46. The first kappa shape index (κ1) is 16.4. The van der Waals surface area contributed by atoms with Crippen LogP contribution < -0.4 is 0 Å². The molecule has 1 aromatic heterocycles. The van der Waals surface area contributed by atoms with Crippen LogP contribution in [0, 0.1) is 0 Å². The minimum absolute atomic E-state index is 0.112. The van der Waals surface area contributed by atoms with E-state index in [0.717, 1.165) is 42.8 Å². The first-order chi connectivity index (χ1) is 12.1. The molecule has 6 nitrogen and oxygen atoms in total. The van der Waals surface area contributed by atoms with Gasteiger partial charge in [-0.3, -0.25) is 0 Å². The van der Waals surface area contributed by atoms with Gasteiger partial charge in [0.2, 0.25) is 0 Å². The molecule has 134 valence electrons. The number of fused-ring (bicyclic) bond motifs is 1. The van der Waals surface area contributed by atoms with Gasteiger partial charge >= 0.3 is 6.03 Å². The van der Waals surface area contributed by atoms with Gasteiger partial charge in [0.05, 0.1) is 23.2 Å². The largest absolute Gasteiger partial charge is 0.372 e. The number of nitrogens with one attached hydrogen (secondary N) is 1. The van der Waals surface area contributed by atoms with Crippen molar-refractivity contribution in [1.29, 1.82) is 0 Å². The van der Waals surface area contributed by atoms with E-state index in [1.807, 2.05) is 41.8 Å². The van der Waals surface area contributed by atoms with Crippen LogP contribution in [-0.2, 0) is 4.74 Å². The number of hydrogen-bond acceptors (Lipinski definition) is 3. The average Bonchev–Trinajstić information content (AvgIpc) is 3.04. The molecule has 0 aliphatic carbocycles. The molecule has 0 spiro atoms. The normalized spacial score (nSPS) is 25.5. The minimum Gasteiger partial charge on any atom is -0.372 e. The second kappa shape index (κ2) is 6.67. The summed E-state index contributed by atoms with van der Waals surface area (Å²) in [5.41, 5.74) is 2.11. The first-order valence-electron chi connectivity index (χ1n) is 9.24. The van der Waals surface area contributed by atoms with Crippen molar-refractivity contribution < 1.29 is 9.53 Å². The Kier molecular flexibility index (Phi) is 4.37. The molecule has 2 saturated heterocycles. The molecular formula is C19H26N4O2. The Labute approximate surface area is 148 Å². The third kappa shape index (κ3) is 3.35. The zero-order valence-corrected chi connectivity index (χ0v) is 14.9. The number of hydrogen-bond donors (Lipinski definition) is 1. The molecule has 1 aromatic carbocycles. The number of rotatable bonds is 1. The summed E-state index contributed by atoms with van der Waals surface area (Å²) in [4.78, 5) is 24.9. The lowest BCUT2D eigenvalue weighted by molar-refractivity contribution is -0.0587. The molecule has 25 heavy (non-hydrogen) atoms. The molecule has 2 aliphatic rings. The van der Waals surface area contributed by atoms with E-state index in [4.69, 9.17) is 9.72 Å². The molecule has 2 atom stereocenters. The highest BCUT2D eigenvalue weighted by Crippen LogP contribution is 2.28. The summed E-state index contributed by atoms with van der Waals surface area (Å²) in [6.07, 6.45) is 2.14. The van der Waals surface area contributed by atoms with Gasteiger partial charge in [-0.1, -0.05) is 12.1 Å². The fraction of sp³-hybridized carbons (Fsp3) is 0.579. The van der Waals surface area contributed by atoms with E-state index < -0.39 is 0 Å². The molecule has 0 saturated carbocycles. The Bertz CT molecular complexity index is 708. The Morgan fingerprint density at radius 2 is 1.80 bits per heavy atom. The van der Waals surface area contributed by atoms with Crippen LogP contribution >= 0.6 is 0 Å². The Hall–Kier alpha value is -2.08. The zero-order valence-electron chi connectivity index (χ0n) is 14.9. The van der Waals surface area contributed by atoms with Gasteiger partial charge in [-0.25, -0.2) is 9.78 Å². The Morgan fingerprint density at radius 3 is 2.48 bits per heavy atom. The lowest BCUT2D eigenvalue weighted by Gasteiger charge is -2.40. The number of nitrogens with zero attached hydrogens (tertiary/aromatic N) is 3. The maximum atomic E-state index is 12.8. The minimum atomic E-state index is 0.112. The molecule has 2 aliphatic heterocycles. The molecule has 3 heterocycles. The van der Waals surface area contributed by atoms with Gasteiger partial charge in [0.15, 0.2) is 0 Å². The number of carbonyl (C=O) groups excluding carboxylic acids is 1. The lowest BCUT2D eigenvalue weighted by atomic mass is 9.96. The summed E-state index contributed by atoms with van der Waals surface area (Å²) in [5, 5.41) is 0. The third-order valence-electron chi connectivity index (χ3n) is 5.25. The molecule has 4 rings (SSSR count). The van der Waals surface area contributed by atoms with Crippen molar-refractivity contribution in [2.75, 3.05) is 26.2 Å². The standard InChI is InChI=1S/C19H26N4O2/c1-13-11-23(12-14(2)25-13)19(24)22-9-7-15(8-10-22)18-20-16-5-3-4-6-17(16)21-18/h3-6,13-15H,7-12H2,1-2H3,(H,20,21)/t13-,14-/m0/s1. The van der Waals surface area contributed by atoms with E-state index in [0.29, 0.717) is 19.0 Å². The van der Waals surface area contributed by atoms with Gasteiger partial charge in [0.1, 0.15) is 5.82 Å². The van der Waals surface area contributed by atoms with Gasteiger partial charge in [-0.05, 0) is 38.8 Å². The van der Waals surface area contributed by atoms with Crippen molar-refractivity contribution in [3.63, 3.8) is 0 Å². The van der Waals surface area contributed by atoms with E-state index in [2.05, 4.69) is 11.1 Å². The number of amides is 2. The van der Waals surface area contributed by atoms with Crippen LogP contribution in [-0.4, -0.2) is 64.2 Å². The topological polar surface area (TPSA) is 61.5 Å². The van der Waals surface area contributed by atoms with Crippen LogP contribution in [0.1, 0.15) is 38.4 Å². The van der Waals surface area contributed by atoms with E-state index in [1.165, 1.54) is 0 Å². The summed E-state index contributed by atoms with van der Waals surface area (Å²) >= 11 is 0. The second-order valence-electron chi connectivity index (χ2n) is 7.35. The van der Waals surface area contributed by atoms with E-state index in [-0.39, 0.29) is 18.2 Å². The Morgan fingerprint density at radius 1 is 1.12 bits per heavy atom. The highest BCUT2D eigenvalue weighted by molar-refractivity contribution is 5.75. The van der Waals surface area contributed by atoms with Crippen molar-refractivity contribution in [3.8, 4) is 0 Å².